The largest absolute Gasteiger partial charge is 0.477 e. The number of rotatable bonds is 5. The topological polar surface area (TPSA) is 151 Å². The van der Waals surface area contributed by atoms with Crippen LogP contribution in [0.4, 0.5) is 8.96 Å². The molecule has 1 heterocycles. The lowest BCUT2D eigenvalue weighted by molar-refractivity contribution is -0.339. The average molecular weight is 303 g/mol. The lowest BCUT2D eigenvalue weighted by Crippen LogP contribution is -2.65. The Morgan fingerprint density at radius 3 is 2.40 bits per heavy atom. The highest BCUT2D eigenvalue weighted by Gasteiger charge is 2.56. The van der Waals surface area contributed by atoms with E-state index in [9.17, 15) is 34.2 Å². The molecule has 20 heavy (non-hydrogen) atoms. The van der Waals surface area contributed by atoms with Crippen molar-refractivity contribution < 1.29 is 49.1 Å². The minimum Gasteiger partial charge on any atom is -0.477 e. The summed E-state index contributed by atoms with van der Waals surface area (Å²) in [5, 5.41) is 53.8. The van der Waals surface area contributed by atoms with Crippen molar-refractivity contribution in [1.82, 2.24) is 5.34 Å². The molecule has 1 aliphatic rings. The van der Waals surface area contributed by atoms with Gasteiger partial charge in [-0.05, 0) is 0 Å². The average Bonchev–Trinajstić information content (AvgIpc) is 2.35. The Hall–Kier alpha value is -0.950. The number of carboxylic acids is 1. The van der Waals surface area contributed by atoms with Crippen LogP contribution in [-0.2, 0) is 9.53 Å². The van der Waals surface area contributed by atoms with Crippen LogP contribution in [0.3, 0.4) is 0 Å². The van der Waals surface area contributed by atoms with Gasteiger partial charge in [0.2, 0.25) is 0 Å². The van der Waals surface area contributed by atoms with E-state index in [0.717, 1.165) is 0 Å². The van der Waals surface area contributed by atoms with Crippen LogP contribution in [-0.4, -0.2) is 84.8 Å². The number of aliphatic carboxylic acids is 1. The molecule has 6 N–H and O–H groups in total. The number of ether oxygens (including phenoxy) is 1. The van der Waals surface area contributed by atoms with Gasteiger partial charge >= 0.3 is 5.97 Å². The second-order valence-electron chi connectivity index (χ2n) is 4.43. The van der Waals surface area contributed by atoms with Crippen LogP contribution >= 0.6 is 0 Å². The summed E-state index contributed by atoms with van der Waals surface area (Å²) in [5.41, 5.74) is 0. The molecule has 9 nitrogen and oxygen atoms in total. The molecule has 0 aliphatic carbocycles. The first-order chi connectivity index (χ1) is 9.14. The summed E-state index contributed by atoms with van der Waals surface area (Å²) in [4.78, 5) is 10.8. The van der Waals surface area contributed by atoms with E-state index in [1.54, 1.807) is 0 Å². The fourth-order valence-corrected chi connectivity index (χ4v) is 1.94. The Morgan fingerprint density at radius 1 is 1.45 bits per heavy atom. The molecule has 1 rings (SSSR count). The van der Waals surface area contributed by atoms with Crippen LogP contribution in [0.2, 0.25) is 0 Å². The molecule has 0 radical (unpaired) electrons. The van der Waals surface area contributed by atoms with E-state index in [-0.39, 0.29) is 0 Å². The van der Waals surface area contributed by atoms with Gasteiger partial charge in [0.05, 0.1) is 12.7 Å². The van der Waals surface area contributed by atoms with Crippen LogP contribution < -0.4 is 0 Å². The van der Waals surface area contributed by atoms with E-state index in [0.29, 0.717) is 0 Å². The van der Waals surface area contributed by atoms with Gasteiger partial charge in [-0.1, -0.05) is 0 Å². The maximum absolute atomic E-state index is 12.7. The lowest BCUT2D eigenvalue weighted by atomic mass is 9.89. The molecule has 11 heteroatoms. The van der Waals surface area contributed by atoms with Crippen LogP contribution in [0.15, 0.2) is 0 Å². The molecule has 0 bridgehead atoms. The van der Waals surface area contributed by atoms with Gasteiger partial charge in [-0.25, -0.2) is 4.79 Å². The minimum absolute atomic E-state index is 1.02. The normalized spacial score (nSPS) is 37.7. The number of aliphatic hydroxyl groups is 5. The Kier molecular flexibility index (Phi) is 5.32. The SMILES string of the molecule is O=C(O)C1(O)C[C@H](O)[C@@H](N(F)F)[C@H]([C@H](O)[C@H](O)CO)O1. The number of carbonyl (C=O) groups is 1. The van der Waals surface area contributed by atoms with Crippen LogP contribution in [0.5, 0.6) is 0 Å². The zero-order valence-electron chi connectivity index (χ0n) is 10.0. The van der Waals surface area contributed by atoms with Gasteiger partial charge in [0.1, 0.15) is 24.4 Å². The summed E-state index contributed by atoms with van der Waals surface area (Å²) in [5.74, 6) is -4.94. The molecule has 1 unspecified atom stereocenters. The molecule has 1 saturated heterocycles. The van der Waals surface area contributed by atoms with Crippen molar-refractivity contribution in [2.45, 2.75) is 42.7 Å². The number of hydrogen-bond donors (Lipinski definition) is 6. The Balaban J connectivity index is 3.07. The molecule has 0 aromatic carbocycles. The lowest BCUT2D eigenvalue weighted by Gasteiger charge is -2.43. The van der Waals surface area contributed by atoms with E-state index >= 15 is 0 Å². The summed E-state index contributed by atoms with van der Waals surface area (Å²) in [6, 6.07) is -2.19. The fraction of sp³-hybridized carbons (Fsp3) is 0.889. The number of halogens is 2. The van der Waals surface area contributed by atoms with Gasteiger partial charge in [0.15, 0.2) is 0 Å². The first-order valence-electron chi connectivity index (χ1n) is 5.53. The van der Waals surface area contributed by atoms with Crippen LogP contribution in [0, 0.1) is 0 Å². The van der Waals surface area contributed by atoms with E-state index in [4.69, 9.17) is 10.2 Å². The van der Waals surface area contributed by atoms with Gasteiger partial charge in [-0.15, -0.1) is 8.96 Å². The molecule has 1 fully saturated rings. The second-order valence-corrected chi connectivity index (χ2v) is 4.43. The Morgan fingerprint density at radius 2 is 2.00 bits per heavy atom. The molecule has 1 aliphatic heterocycles. The molecule has 118 valence electrons. The maximum atomic E-state index is 12.7. The van der Waals surface area contributed by atoms with Crippen LogP contribution in [0.1, 0.15) is 6.42 Å². The third kappa shape index (κ3) is 3.20. The number of nitrogens with zero attached hydrogens (tertiary/aromatic N) is 1. The van der Waals surface area contributed by atoms with Crippen molar-refractivity contribution in [1.29, 1.82) is 0 Å². The van der Waals surface area contributed by atoms with E-state index in [1.807, 2.05) is 0 Å². The summed E-state index contributed by atoms with van der Waals surface area (Å²) in [6.07, 6.45) is -9.33. The smallest absolute Gasteiger partial charge is 0.364 e. The van der Waals surface area contributed by atoms with Crippen molar-refractivity contribution >= 4 is 5.97 Å². The number of aliphatic hydroxyl groups excluding tert-OH is 4. The van der Waals surface area contributed by atoms with Crippen LogP contribution in [0.25, 0.3) is 0 Å². The van der Waals surface area contributed by atoms with Gasteiger partial charge < -0.3 is 35.4 Å². The van der Waals surface area contributed by atoms with Crippen molar-refractivity contribution in [3.8, 4) is 0 Å². The van der Waals surface area contributed by atoms with Gasteiger partial charge in [0, 0.05) is 11.8 Å². The van der Waals surface area contributed by atoms with E-state index in [2.05, 4.69) is 4.74 Å². The first-order valence-corrected chi connectivity index (χ1v) is 5.53. The van der Waals surface area contributed by atoms with Crippen molar-refractivity contribution in [2.24, 2.45) is 0 Å². The molecular formula is C9H15F2NO8. The van der Waals surface area contributed by atoms with Gasteiger partial charge in [-0.3, -0.25) is 0 Å². The zero-order chi connectivity index (χ0) is 15.7. The fourth-order valence-electron chi connectivity index (χ4n) is 1.94. The quantitative estimate of drug-likeness (QED) is 0.293. The number of hydrogen-bond acceptors (Lipinski definition) is 8. The second kappa shape index (κ2) is 6.22. The van der Waals surface area contributed by atoms with E-state index < -0.39 is 60.6 Å². The first kappa shape index (κ1) is 17.1. The molecule has 6 atom stereocenters. The summed E-state index contributed by atoms with van der Waals surface area (Å²) in [7, 11) is 0. The monoisotopic (exact) mass is 303 g/mol. The predicted octanol–water partition coefficient (Wildman–Crippen LogP) is -2.94. The minimum atomic E-state index is -2.99. The molecular weight excluding hydrogens is 288 g/mol. The molecule has 0 amide bonds. The zero-order valence-corrected chi connectivity index (χ0v) is 10.0. The standard InChI is InChI=1S/C9H15F2NO8/c10-12(11)5-3(14)1-9(19,8(17)18)20-7(5)6(16)4(15)2-13/h3-7,13-16,19H,1-2H2,(H,17,18)/t3-,4+,5+,6+,7+,9?/m0/s1. The summed E-state index contributed by atoms with van der Waals surface area (Å²) >= 11 is 0. The van der Waals surface area contributed by atoms with Crippen molar-refractivity contribution in [2.75, 3.05) is 6.61 Å². The Bertz CT molecular complexity index is 359. The maximum Gasteiger partial charge on any atom is 0.364 e. The summed E-state index contributed by atoms with van der Waals surface area (Å²) in [6.45, 7) is -1.02. The van der Waals surface area contributed by atoms with Crippen molar-refractivity contribution in [3.63, 3.8) is 0 Å². The van der Waals surface area contributed by atoms with Gasteiger partial charge in [0.25, 0.3) is 5.79 Å². The highest BCUT2D eigenvalue weighted by Crippen LogP contribution is 2.33. The summed E-state index contributed by atoms with van der Waals surface area (Å²) < 4.78 is 29.9. The highest BCUT2D eigenvalue weighted by atomic mass is 19.4. The van der Waals surface area contributed by atoms with Gasteiger partial charge in [-0.2, -0.15) is 0 Å². The Labute approximate surface area is 111 Å². The molecule has 0 spiro atoms. The molecule has 0 aromatic rings. The van der Waals surface area contributed by atoms with E-state index in [1.165, 1.54) is 0 Å². The number of carboxylic acid groups (broad SMARTS) is 1. The third-order valence-corrected chi connectivity index (χ3v) is 3.03. The highest BCUT2D eigenvalue weighted by molar-refractivity contribution is 5.75. The molecule has 0 aromatic heterocycles. The predicted molar refractivity (Wildman–Crippen MR) is 55.0 cm³/mol. The molecule has 0 saturated carbocycles. The van der Waals surface area contributed by atoms with Crippen molar-refractivity contribution in [3.05, 3.63) is 0 Å². The third-order valence-electron chi connectivity index (χ3n) is 3.03.